The maximum absolute atomic E-state index is 13.3. The molecule has 31 heavy (non-hydrogen) atoms. The molecule has 9 heteroatoms. The van der Waals surface area contributed by atoms with Gasteiger partial charge in [0, 0.05) is 28.2 Å². The van der Waals surface area contributed by atoms with Crippen molar-refractivity contribution in [3.05, 3.63) is 63.3 Å². The number of fused-ring (bicyclic) bond motifs is 1. The first kappa shape index (κ1) is 22.7. The van der Waals surface area contributed by atoms with Crippen LogP contribution < -0.4 is 10.1 Å². The number of nitrogens with zero attached hydrogens (tertiary/aromatic N) is 1. The van der Waals surface area contributed by atoms with E-state index in [2.05, 4.69) is 5.32 Å². The van der Waals surface area contributed by atoms with E-state index in [0.29, 0.717) is 43.5 Å². The Morgan fingerprint density at radius 2 is 1.81 bits per heavy atom. The Morgan fingerprint density at radius 3 is 2.42 bits per heavy atom. The number of nitrogens with one attached hydrogen (secondary N) is 1. The highest BCUT2D eigenvalue weighted by molar-refractivity contribution is 6.33. The van der Waals surface area contributed by atoms with E-state index in [1.165, 1.54) is 11.7 Å². The number of aliphatic carboxylic acids is 1. The fourth-order valence-electron chi connectivity index (χ4n) is 3.37. The third-order valence-electron chi connectivity index (χ3n) is 4.90. The molecular weight excluding hydrogens is 443 g/mol. The number of methoxy groups -OCH3 is 1. The molecule has 0 aliphatic carbocycles. The molecule has 1 heterocycles. The number of ether oxygens (including phenoxy) is 1. The quantitative estimate of drug-likeness (QED) is 0.550. The fourth-order valence-corrected chi connectivity index (χ4v) is 3.74. The van der Waals surface area contributed by atoms with Crippen LogP contribution in [0.25, 0.3) is 10.9 Å². The molecule has 0 atom stereocenters. The third-order valence-corrected chi connectivity index (χ3v) is 5.45. The van der Waals surface area contributed by atoms with Crippen LogP contribution in [0.1, 0.15) is 28.0 Å². The number of carboxylic acids is 1. The maximum Gasteiger partial charge on any atom is 0.305 e. The molecule has 1 aromatic heterocycles. The number of hydrogen-bond acceptors (Lipinski definition) is 4. The second-order valence-corrected chi connectivity index (χ2v) is 7.73. The van der Waals surface area contributed by atoms with Crippen molar-refractivity contribution >= 4 is 51.9 Å². The average Bonchev–Trinajstić information content (AvgIpc) is 2.97. The first-order valence-corrected chi connectivity index (χ1v) is 10.1. The van der Waals surface area contributed by atoms with Crippen LogP contribution in [-0.2, 0) is 16.0 Å². The summed E-state index contributed by atoms with van der Waals surface area (Å²) in [6.07, 6.45) is -0.210. The van der Waals surface area contributed by atoms with Crippen molar-refractivity contribution in [3.63, 3.8) is 0 Å². The van der Waals surface area contributed by atoms with E-state index in [0.717, 1.165) is 0 Å². The van der Waals surface area contributed by atoms with Gasteiger partial charge in [0.05, 0.1) is 30.5 Å². The number of carbonyl (C=O) groups excluding carboxylic acids is 2. The first-order chi connectivity index (χ1) is 14.7. The van der Waals surface area contributed by atoms with E-state index < -0.39 is 5.97 Å². The Morgan fingerprint density at radius 1 is 1.13 bits per heavy atom. The van der Waals surface area contributed by atoms with Crippen molar-refractivity contribution in [1.29, 1.82) is 0 Å². The fraction of sp³-hybridized carbons (Fsp3) is 0.227. The van der Waals surface area contributed by atoms with Crippen LogP contribution >= 0.6 is 23.2 Å². The zero-order valence-corrected chi connectivity index (χ0v) is 18.4. The number of rotatable bonds is 7. The molecule has 0 radical (unpaired) electrons. The number of halogens is 2. The normalized spacial score (nSPS) is 10.8. The van der Waals surface area contributed by atoms with Gasteiger partial charge < -0.3 is 15.2 Å². The second kappa shape index (κ2) is 9.41. The van der Waals surface area contributed by atoms with Gasteiger partial charge in [-0.05, 0) is 48.9 Å². The highest BCUT2D eigenvalue weighted by atomic mass is 35.5. The van der Waals surface area contributed by atoms with Crippen LogP contribution in [-0.4, -0.2) is 41.1 Å². The van der Waals surface area contributed by atoms with Crippen LogP contribution in [0.3, 0.4) is 0 Å². The van der Waals surface area contributed by atoms with E-state index in [1.54, 1.807) is 43.3 Å². The van der Waals surface area contributed by atoms with Gasteiger partial charge in [0.2, 0.25) is 5.91 Å². The minimum Gasteiger partial charge on any atom is -0.495 e. The Kier molecular flexibility index (Phi) is 6.87. The van der Waals surface area contributed by atoms with Gasteiger partial charge in [-0.2, -0.15) is 0 Å². The molecule has 0 aliphatic rings. The van der Waals surface area contributed by atoms with Crippen molar-refractivity contribution in [2.24, 2.45) is 0 Å². The average molecular weight is 463 g/mol. The molecule has 0 unspecified atom stereocenters. The summed E-state index contributed by atoms with van der Waals surface area (Å²) in [5.41, 5.74) is 2.16. The largest absolute Gasteiger partial charge is 0.495 e. The summed E-state index contributed by atoms with van der Waals surface area (Å²) < 4.78 is 6.81. The van der Waals surface area contributed by atoms with Crippen LogP contribution in [0.2, 0.25) is 10.0 Å². The molecule has 0 fully saturated rings. The van der Waals surface area contributed by atoms with Gasteiger partial charge in [-0.3, -0.25) is 19.0 Å². The Bertz CT molecular complexity index is 1170. The van der Waals surface area contributed by atoms with E-state index >= 15 is 0 Å². The topological polar surface area (TPSA) is 97.6 Å². The van der Waals surface area contributed by atoms with Gasteiger partial charge in [0.25, 0.3) is 5.91 Å². The predicted molar refractivity (Wildman–Crippen MR) is 118 cm³/mol. The molecule has 0 spiro atoms. The number of carbonyl (C=O) groups is 3. The van der Waals surface area contributed by atoms with E-state index in [9.17, 15) is 14.4 Å². The minimum absolute atomic E-state index is 0.0186. The predicted octanol–water partition coefficient (Wildman–Crippen LogP) is 4.09. The monoisotopic (exact) mass is 462 g/mol. The zero-order chi connectivity index (χ0) is 22.7. The smallest absolute Gasteiger partial charge is 0.305 e. The Labute approximate surface area is 188 Å². The number of hydrogen-bond donors (Lipinski definition) is 2. The Hall–Kier alpha value is -3.03. The number of benzene rings is 2. The Balaban J connectivity index is 2.08. The highest BCUT2D eigenvalue weighted by Gasteiger charge is 2.23. The highest BCUT2D eigenvalue weighted by Crippen LogP contribution is 2.35. The lowest BCUT2D eigenvalue weighted by atomic mass is 10.1. The molecule has 0 saturated carbocycles. The SMILES string of the molecule is COc1cc2c(CC(=O)NCCC(=O)O)c(C)n(C(=O)c3ccc(Cl)cc3)c2cc1Cl. The molecular formula is C22H20Cl2N2O5. The molecule has 0 bridgehead atoms. The molecule has 1 amide bonds. The van der Waals surface area contributed by atoms with Crippen molar-refractivity contribution in [2.45, 2.75) is 19.8 Å². The van der Waals surface area contributed by atoms with Crippen molar-refractivity contribution in [3.8, 4) is 5.75 Å². The lowest BCUT2D eigenvalue weighted by Crippen LogP contribution is -2.27. The number of amides is 1. The van der Waals surface area contributed by atoms with Gasteiger partial charge >= 0.3 is 5.97 Å². The van der Waals surface area contributed by atoms with Gasteiger partial charge in [-0.1, -0.05) is 23.2 Å². The van der Waals surface area contributed by atoms with Crippen molar-refractivity contribution in [1.82, 2.24) is 9.88 Å². The molecule has 2 aromatic carbocycles. The van der Waals surface area contributed by atoms with Gasteiger partial charge in [-0.15, -0.1) is 0 Å². The first-order valence-electron chi connectivity index (χ1n) is 9.39. The molecule has 0 saturated heterocycles. The van der Waals surface area contributed by atoms with Gasteiger partial charge in [0.15, 0.2) is 0 Å². The van der Waals surface area contributed by atoms with E-state index in [-0.39, 0.29) is 31.2 Å². The number of aromatic nitrogens is 1. The van der Waals surface area contributed by atoms with Crippen molar-refractivity contribution in [2.75, 3.05) is 13.7 Å². The summed E-state index contributed by atoms with van der Waals surface area (Å²) in [4.78, 5) is 36.4. The summed E-state index contributed by atoms with van der Waals surface area (Å²) in [5, 5.41) is 12.8. The molecule has 2 N–H and O–H groups in total. The van der Waals surface area contributed by atoms with Crippen LogP contribution in [0.5, 0.6) is 5.75 Å². The molecule has 162 valence electrons. The van der Waals surface area contributed by atoms with Crippen LogP contribution in [0.15, 0.2) is 36.4 Å². The zero-order valence-electron chi connectivity index (χ0n) is 16.9. The summed E-state index contributed by atoms with van der Waals surface area (Å²) in [6, 6.07) is 9.82. The third kappa shape index (κ3) is 4.84. The van der Waals surface area contributed by atoms with Gasteiger partial charge in [0.1, 0.15) is 5.75 Å². The van der Waals surface area contributed by atoms with Gasteiger partial charge in [-0.25, -0.2) is 0 Å². The van der Waals surface area contributed by atoms with Crippen molar-refractivity contribution < 1.29 is 24.2 Å². The molecule has 0 aliphatic heterocycles. The molecule has 3 aromatic rings. The molecule has 7 nitrogen and oxygen atoms in total. The lowest BCUT2D eigenvalue weighted by molar-refractivity contribution is -0.136. The van der Waals surface area contributed by atoms with Crippen LogP contribution in [0, 0.1) is 6.92 Å². The number of carboxylic acid groups (broad SMARTS) is 1. The summed E-state index contributed by atoms with van der Waals surface area (Å²) in [5.74, 6) is -1.23. The maximum atomic E-state index is 13.3. The summed E-state index contributed by atoms with van der Waals surface area (Å²) in [7, 11) is 1.48. The van der Waals surface area contributed by atoms with Crippen LogP contribution in [0.4, 0.5) is 0 Å². The summed E-state index contributed by atoms with van der Waals surface area (Å²) in [6.45, 7) is 1.76. The van der Waals surface area contributed by atoms with E-state index in [4.69, 9.17) is 33.0 Å². The minimum atomic E-state index is -0.999. The second-order valence-electron chi connectivity index (χ2n) is 6.89. The summed E-state index contributed by atoms with van der Waals surface area (Å²) >= 11 is 12.2. The standard InChI is InChI=1S/C22H20Cl2N2O5/c1-12-15(10-20(27)25-8-7-21(28)29)16-9-19(31-2)17(24)11-18(16)26(12)22(30)13-3-5-14(23)6-4-13/h3-6,9,11H,7-8,10H2,1-2H3,(H,25,27)(H,28,29). The van der Waals surface area contributed by atoms with E-state index in [1.807, 2.05) is 0 Å². The molecule has 3 rings (SSSR count). The lowest BCUT2D eigenvalue weighted by Gasteiger charge is -2.09.